The van der Waals surface area contributed by atoms with Gasteiger partial charge in [-0.2, -0.15) is 0 Å². The number of anilines is 2. The maximum atomic E-state index is 13.9. The molecule has 1 aliphatic rings. The summed E-state index contributed by atoms with van der Waals surface area (Å²) in [5, 5.41) is 4.96. The van der Waals surface area contributed by atoms with E-state index in [0.717, 1.165) is 12.1 Å². The van der Waals surface area contributed by atoms with Crippen molar-refractivity contribution in [3.63, 3.8) is 0 Å². The summed E-state index contributed by atoms with van der Waals surface area (Å²) < 4.78 is 39.7. The molecule has 2 atom stereocenters. The topological polar surface area (TPSA) is 58.2 Å². The Morgan fingerprint density at radius 1 is 0.912 bits per heavy atom. The molecule has 34 heavy (non-hydrogen) atoms. The first-order valence-corrected chi connectivity index (χ1v) is 11.6. The van der Waals surface area contributed by atoms with E-state index < -0.39 is 45.4 Å². The molecule has 0 aliphatic heterocycles. The molecule has 2 unspecified atom stereocenters. The van der Waals surface area contributed by atoms with Crippen molar-refractivity contribution < 1.29 is 22.8 Å². The van der Waals surface area contributed by atoms with Crippen LogP contribution in [0.3, 0.4) is 0 Å². The summed E-state index contributed by atoms with van der Waals surface area (Å²) in [7, 11) is 0. The van der Waals surface area contributed by atoms with E-state index >= 15 is 0 Å². The molecule has 176 valence electrons. The molecule has 0 spiro atoms. The number of benzene rings is 3. The molecule has 4 rings (SSSR count). The maximum absolute atomic E-state index is 13.9. The van der Waals surface area contributed by atoms with Crippen molar-refractivity contribution in [3.05, 3.63) is 92.7 Å². The van der Waals surface area contributed by atoms with Gasteiger partial charge in [0.25, 0.3) is 5.91 Å². The fourth-order valence-electron chi connectivity index (χ4n) is 3.55. The molecule has 0 bridgehead atoms. The van der Waals surface area contributed by atoms with Crippen LogP contribution in [-0.2, 0) is 4.79 Å². The standard InChI is InChI=1S/C23H13BrCl3F3N2O2/c24-14-4-1-10(7-16(14)29)19-20(23(19,26)27)22(34)31-12-3-5-15(25)13(9-12)21(33)32-18-6-2-11(28)8-17(18)30/h1-9,19-20H,(H,31,34)(H,32,33). The van der Waals surface area contributed by atoms with Gasteiger partial charge < -0.3 is 10.6 Å². The highest BCUT2D eigenvalue weighted by Crippen LogP contribution is 2.65. The van der Waals surface area contributed by atoms with E-state index in [4.69, 9.17) is 34.8 Å². The smallest absolute Gasteiger partial charge is 0.257 e. The largest absolute Gasteiger partial charge is 0.326 e. The minimum absolute atomic E-state index is 0.0386. The van der Waals surface area contributed by atoms with Gasteiger partial charge in [0.1, 0.15) is 21.8 Å². The van der Waals surface area contributed by atoms with Crippen LogP contribution >= 0.6 is 50.7 Å². The summed E-state index contributed by atoms with van der Waals surface area (Å²) in [4.78, 5) is 25.5. The highest BCUT2D eigenvalue weighted by atomic mass is 79.9. The Bertz CT molecular complexity index is 1320. The average molecular weight is 593 g/mol. The summed E-state index contributed by atoms with van der Waals surface area (Å²) in [5.41, 5.74) is 0.362. The van der Waals surface area contributed by atoms with E-state index in [9.17, 15) is 22.8 Å². The Morgan fingerprint density at radius 2 is 1.65 bits per heavy atom. The predicted molar refractivity (Wildman–Crippen MR) is 129 cm³/mol. The molecule has 1 aliphatic carbocycles. The summed E-state index contributed by atoms with van der Waals surface area (Å²) in [5.74, 6) is -5.11. The minimum atomic E-state index is -1.45. The molecule has 1 saturated carbocycles. The molecule has 0 heterocycles. The summed E-state index contributed by atoms with van der Waals surface area (Å²) in [6.07, 6.45) is 0. The highest BCUT2D eigenvalue weighted by molar-refractivity contribution is 9.10. The van der Waals surface area contributed by atoms with E-state index in [-0.39, 0.29) is 26.4 Å². The third-order valence-electron chi connectivity index (χ3n) is 5.30. The number of alkyl halides is 2. The number of amides is 2. The van der Waals surface area contributed by atoms with Crippen molar-refractivity contribution in [2.75, 3.05) is 10.6 Å². The van der Waals surface area contributed by atoms with Crippen LogP contribution in [0.5, 0.6) is 0 Å². The first-order chi connectivity index (χ1) is 16.0. The molecule has 4 nitrogen and oxygen atoms in total. The number of carbonyl (C=O) groups is 2. The lowest BCUT2D eigenvalue weighted by Crippen LogP contribution is -2.18. The Hall–Kier alpha value is -2.26. The fraction of sp³-hybridized carbons (Fsp3) is 0.130. The lowest BCUT2D eigenvalue weighted by atomic mass is 10.1. The average Bonchev–Trinajstić information content (AvgIpc) is 3.35. The molecular formula is C23H13BrCl3F3N2O2. The number of hydrogen-bond donors (Lipinski definition) is 2. The van der Waals surface area contributed by atoms with Gasteiger partial charge in [0.2, 0.25) is 5.91 Å². The second-order valence-electron chi connectivity index (χ2n) is 7.57. The summed E-state index contributed by atoms with van der Waals surface area (Å²) >= 11 is 21.8. The first kappa shape index (κ1) is 24.9. The Labute approximate surface area is 215 Å². The Balaban J connectivity index is 1.51. The van der Waals surface area contributed by atoms with Crippen LogP contribution < -0.4 is 10.6 Å². The van der Waals surface area contributed by atoms with Gasteiger partial charge in [0.15, 0.2) is 0 Å². The zero-order valence-corrected chi connectivity index (χ0v) is 20.7. The molecule has 2 N–H and O–H groups in total. The van der Waals surface area contributed by atoms with E-state index in [1.807, 2.05) is 0 Å². The van der Waals surface area contributed by atoms with Crippen molar-refractivity contribution in [2.24, 2.45) is 5.92 Å². The highest BCUT2D eigenvalue weighted by Gasteiger charge is 2.67. The van der Waals surface area contributed by atoms with Crippen LogP contribution in [-0.4, -0.2) is 16.1 Å². The van der Waals surface area contributed by atoms with Crippen LogP contribution in [0.15, 0.2) is 59.1 Å². The number of halogens is 7. The number of hydrogen-bond acceptors (Lipinski definition) is 2. The molecule has 1 fully saturated rings. The molecule has 11 heteroatoms. The maximum Gasteiger partial charge on any atom is 0.257 e. The Morgan fingerprint density at radius 3 is 2.32 bits per heavy atom. The molecule has 0 radical (unpaired) electrons. The van der Waals surface area contributed by atoms with Crippen LogP contribution in [0, 0.1) is 23.4 Å². The molecular weight excluding hydrogens is 580 g/mol. The van der Waals surface area contributed by atoms with Crippen LogP contribution in [0.25, 0.3) is 0 Å². The zero-order valence-electron chi connectivity index (χ0n) is 16.8. The van der Waals surface area contributed by atoms with Gasteiger partial charge in [-0.05, 0) is 64.0 Å². The number of nitrogens with one attached hydrogen (secondary N) is 2. The second-order valence-corrected chi connectivity index (χ2v) is 10.3. The van der Waals surface area contributed by atoms with Gasteiger partial charge >= 0.3 is 0 Å². The first-order valence-electron chi connectivity index (χ1n) is 9.68. The lowest BCUT2D eigenvalue weighted by molar-refractivity contribution is -0.117. The lowest BCUT2D eigenvalue weighted by Gasteiger charge is -2.11. The zero-order chi connectivity index (χ0) is 24.8. The van der Waals surface area contributed by atoms with Gasteiger partial charge in [-0.15, -0.1) is 23.2 Å². The summed E-state index contributed by atoms with van der Waals surface area (Å²) in [6, 6.07) is 11.2. The third kappa shape index (κ3) is 4.91. The van der Waals surface area contributed by atoms with Gasteiger partial charge in [0, 0.05) is 17.7 Å². The van der Waals surface area contributed by atoms with Crippen molar-refractivity contribution >= 4 is 73.9 Å². The number of carbonyl (C=O) groups excluding carboxylic acids is 2. The summed E-state index contributed by atoms with van der Waals surface area (Å²) in [6.45, 7) is 0. The van der Waals surface area contributed by atoms with Crippen molar-refractivity contribution in [3.8, 4) is 0 Å². The van der Waals surface area contributed by atoms with Crippen molar-refractivity contribution in [2.45, 2.75) is 10.3 Å². The predicted octanol–water partition coefficient (Wildman–Crippen LogP) is 7.30. The van der Waals surface area contributed by atoms with Crippen LogP contribution in [0.2, 0.25) is 5.02 Å². The molecule has 0 saturated heterocycles. The fourth-order valence-corrected chi connectivity index (χ4v) is 4.83. The molecule has 0 aromatic heterocycles. The van der Waals surface area contributed by atoms with Gasteiger partial charge in [-0.3, -0.25) is 9.59 Å². The van der Waals surface area contributed by atoms with Gasteiger partial charge in [0.05, 0.1) is 26.7 Å². The number of rotatable bonds is 5. The normalized spacial score (nSPS) is 18.3. The quantitative estimate of drug-likeness (QED) is 0.306. The van der Waals surface area contributed by atoms with Crippen LogP contribution in [0.1, 0.15) is 21.8 Å². The van der Waals surface area contributed by atoms with E-state index in [0.29, 0.717) is 11.6 Å². The third-order valence-corrected chi connectivity index (χ3v) is 7.21. The Kier molecular flexibility index (Phi) is 6.88. The molecule has 2 amide bonds. The van der Waals surface area contributed by atoms with Crippen LogP contribution in [0.4, 0.5) is 24.5 Å². The van der Waals surface area contributed by atoms with E-state index in [1.54, 1.807) is 6.07 Å². The van der Waals surface area contributed by atoms with Crippen molar-refractivity contribution in [1.29, 1.82) is 0 Å². The molecule has 3 aromatic rings. The van der Waals surface area contributed by atoms with E-state index in [2.05, 4.69) is 26.6 Å². The monoisotopic (exact) mass is 590 g/mol. The SMILES string of the molecule is O=C(Nc1ccc(F)cc1F)c1cc(NC(=O)C2C(c3ccc(Br)c(F)c3)C2(Cl)Cl)ccc1Cl. The van der Waals surface area contributed by atoms with E-state index in [1.165, 1.54) is 30.3 Å². The second kappa shape index (κ2) is 9.41. The van der Waals surface area contributed by atoms with Crippen molar-refractivity contribution in [1.82, 2.24) is 0 Å². The van der Waals surface area contributed by atoms with Gasteiger partial charge in [-0.25, -0.2) is 13.2 Å². The van der Waals surface area contributed by atoms with Gasteiger partial charge in [-0.1, -0.05) is 17.7 Å². The minimum Gasteiger partial charge on any atom is -0.326 e. The molecule has 3 aromatic carbocycles.